The van der Waals surface area contributed by atoms with Crippen molar-refractivity contribution in [3.05, 3.63) is 101 Å². The number of hydrogen-bond donors (Lipinski definition) is 1. The van der Waals surface area contributed by atoms with Gasteiger partial charge < -0.3 is 24.3 Å². The maximum absolute atomic E-state index is 13.0. The number of hydrogen-bond acceptors (Lipinski definition) is 9. The second-order valence-corrected chi connectivity index (χ2v) is 10.7. The Balaban J connectivity index is 1.50. The first-order chi connectivity index (χ1) is 19.8. The van der Waals surface area contributed by atoms with Crippen LogP contribution in [0.15, 0.2) is 84.5 Å². The van der Waals surface area contributed by atoms with E-state index in [0.29, 0.717) is 39.6 Å². The van der Waals surface area contributed by atoms with Crippen LogP contribution in [-0.2, 0) is 15.6 Å². The van der Waals surface area contributed by atoms with Crippen molar-refractivity contribution in [2.24, 2.45) is 0 Å². The number of benzene rings is 3. The topological polar surface area (TPSA) is 113 Å². The zero-order chi connectivity index (χ0) is 29.4. The van der Waals surface area contributed by atoms with Gasteiger partial charge in [0.25, 0.3) is 0 Å². The van der Waals surface area contributed by atoms with Crippen LogP contribution in [-0.4, -0.2) is 47.6 Å². The number of methoxy groups -OCH3 is 4. The summed E-state index contributed by atoms with van der Waals surface area (Å²) in [7, 11) is 2.18. The molecule has 0 bridgehead atoms. The number of rotatable bonds is 12. The fraction of sp³-hybridized carbons (Fsp3) is 0.161. The molecule has 3 aromatic carbocycles. The van der Waals surface area contributed by atoms with Crippen molar-refractivity contribution >= 4 is 38.2 Å². The van der Waals surface area contributed by atoms with Crippen molar-refractivity contribution in [2.45, 2.75) is 5.75 Å². The lowest BCUT2D eigenvalue weighted by atomic mass is 10.0. The Morgan fingerprint density at radius 3 is 2.24 bits per heavy atom. The number of pyridine rings is 1. The highest BCUT2D eigenvalue weighted by Gasteiger charge is 2.15. The molecule has 4 rings (SSSR count). The van der Waals surface area contributed by atoms with Crippen molar-refractivity contribution in [1.82, 2.24) is 4.98 Å². The normalized spacial score (nSPS) is 11.6. The van der Waals surface area contributed by atoms with Crippen LogP contribution >= 0.6 is 0 Å². The SMILES string of the molecule is COc1cc(OC)c(/C=C/S(=O)(=O)Cc2cnc(OC)c(N/C=C\C(=O)c3ccc4ccccc4c3)c2)c(OC)c1. The smallest absolute Gasteiger partial charge is 0.237 e. The second kappa shape index (κ2) is 13.0. The van der Waals surface area contributed by atoms with Crippen molar-refractivity contribution in [1.29, 1.82) is 0 Å². The van der Waals surface area contributed by atoms with Crippen LogP contribution in [0.2, 0.25) is 0 Å². The average molecular weight is 575 g/mol. The lowest BCUT2D eigenvalue weighted by molar-refractivity contribution is 0.104. The molecule has 1 N–H and O–H groups in total. The molecule has 1 aromatic heterocycles. The summed E-state index contributed by atoms with van der Waals surface area (Å²) in [4.78, 5) is 16.9. The Morgan fingerprint density at radius 1 is 0.878 bits per heavy atom. The highest BCUT2D eigenvalue weighted by atomic mass is 32.2. The van der Waals surface area contributed by atoms with Crippen LogP contribution < -0.4 is 24.3 Å². The van der Waals surface area contributed by atoms with Gasteiger partial charge in [0, 0.05) is 41.6 Å². The maximum atomic E-state index is 13.0. The molecule has 0 fully saturated rings. The molecule has 0 unspecified atom stereocenters. The van der Waals surface area contributed by atoms with Gasteiger partial charge in [-0.3, -0.25) is 4.79 Å². The predicted molar refractivity (Wildman–Crippen MR) is 160 cm³/mol. The molecule has 0 aliphatic carbocycles. The number of fused-ring (bicyclic) bond motifs is 1. The summed E-state index contributed by atoms with van der Waals surface area (Å²) in [5, 5.41) is 6.09. The minimum Gasteiger partial charge on any atom is -0.496 e. The van der Waals surface area contributed by atoms with E-state index in [0.717, 1.165) is 16.2 Å². The summed E-state index contributed by atoms with van der Waals surface area (Å²) in [5.74, 6) is 1.04. The zero-order valence-electron chi connectivity index (χ0n) is 23.1. The first-order valence-electron chi connectivity index (χ1n) is 12.5. The highest BCUT2D eigenvalue weighted by Crippen LogP contribution is 2.35. The summed E-state index contributed by atoms with van der Waals surface area (Å²) < 4.78 is 47.3. The molecule has 212 valence electrons. The molecule has 0 amide bonds. The van der Waals surface area contributed by atoms with Gasteiger partial charge in [0.05, 0.1) is 39.8 Å². The molecule has 4 aromatic rings. The third-order valence-electron chi connectivity index (χ3n) is 6.17. The molecule has 1 heterocycles. The minimum atomic E-state index is -3.73. The Bertz CT molecular complexity index is 1710. The minimum absolute atomic E-state index is 0.191. The van der Waals surface area contributed by atoms with Gasteiger partial charge in [-0.2, -0.15) is 0 Å². The fourth-order valence-corrected chi connectivity index (χ4v) is 5.20. The number of nitrogens with one attached hydrogen (secondary N) is 1. The van der Waals surface area contributed by atoms with E-state index < -0.39 is 9.84 Å². The molecule has 0 saturated heterocycles. The summed E-state index contributed by atoms with van der Waals surface area (Å²) in [5.41, 5.74) is 1.82. The Hall–Kier alpha value is -4.83. The third-order valence-corrected chi connectivity index (χ3v) is 7.46. The molecule has 0 saturated carbocycles. The standard InChI is InChI=1S/C31H30N2O7S/c1-37-25-17-29(38-2)26(30(18-25)39-3)12-14-41(35,36)20-21-15-27(31(40-4)33-19-21)32-13-11-28(34)24-10-9-22-7-5-6-8-23(22)16-24/h5-19,32H,20H2,1-4H3/b13-11-,14-12+. The number of nitrogens with zero attached hydrogens (tertiary/aromatic N) is 1. The number of anilines is 1. The van der Waals surface area contributed by atoms with E-state index in [9.17, 15) is 13.2 Å². The molecule has 0 spiro atoms. The van der Waals surface area contributed by atoms with Crippen molar-refractivity contribution in [2.75, 3.05) is 33.8 Å². The molecule has 41 heavy (non-hydrogen) atoms. The Morgan fingerprint density at radius 2 is 1.59 bits per heavy atom. The molecular weight excluding hydrogens is 544 g/mol. The van der Waals surface area contributed by atoms with Crippen LogP contribution in [0.25, 0.3) is 16.8 Å². The molecule has 9 nitrogen and oxygen atoms in total. The highest BCUT2D eigenvalue weighted by molar-refractivity contribution is 7.93. The molecule has 0 radical (unpaired) electrons. The van der Waals surface area contributed by atoms with E-state index in [2.05, 4.69) is 10.3 Å². The molecular formula is C31H30N2O7S. The van der Waals surface area contributed by atoms with Gasteiger partial charge in [-0.15, -0.1) is 0 Å². The summed E-state index contributed by atoms with van der Waals surface area (Å²) in [6, 6.07) is 18.2. The van der Waals surface area contributed by atoms with Crippen LogP contribution in [0, 0.1) is 0 Å². The molecule has 0 aliphatic heterocycles. The second-order valence-electron chi connectivity index (χ2n) is 8.86. The quantitative estimate of drug-likeness (QED) is 0.169. The fourth-order valence-electron chi connectivity index (χ4n) is 4.14. The summed E-state index contributed by atoms with van der Waals surface area (Å²) in [6.45, 7) is 0. The first kappa shape index (κ1) is 29.2. The monoisotopic (exact) mass is 574 g/mol. The molecule has 10 heteroatoms. The van der Waals surface area contributed by atoms with Crippen LogP contribution in [0.4, 0.5) is 5.69 Å². The van der Waals surface area contributed by atoms with Gasteiger partial charge in [0.15, 0.2) is 15.6 Å². The van der Waals surface area contributed by atoms with E-state index in [1.807, 2.05) is 36.4 Å². The lowest BCUT2D eigenvalue weighted by Crippen LogP contribution is -2.04. The van der Waals surface area contributed by atoms with Gasteiger partial charge in [-0.25, -0.2) is 13.4 Å². The summed E-state index contributed by atoms with van der Waals surface area (Å²) in [6.07, 6.45) is 5.71. The van der Waals surface area contributed by atoms with Crippen molar-refractivity contribution in [3.63, 3.8) is 0 Å². The number of sulfone groups is 1. The lowest BCUT2D eigenvalue weighted by Gasteiger charge is -2.12. The van der Waals surface area contributed by atoms with Gasteiger partial charge in [-0.05, 0) is 34.5 Å². The van der Waals surface area contributed by atoms with E-state index in [1.54, 1.807) is 24.3 Å². The average Bonchev–Trinajstić information content (AvgIpc) is 2.99. The summed E-state index contributed by atoms with van der Waals surface area (Å²) >= 11 is 0. The number of aromatic nitrogens is 1. The zero-order valence-corrected chi connectivity index (χ0v) is 23.9. The predicted octanol–water partition coefficient (Wildman–Crippen LogP) is 5.66. The molecule has 0 atom stereocenters. The number of carbonyl (C=O) groups excluding carboxylic acids is 1. The van der Waals surface area contributed by atoms with Gasteiger partial charge in [0.1, 0.15) is 22.9 Å². The van der Waals surface area contributed by atoms with E-state index in [1.165, 1.54) is 53.0 Å². The van der Waals surface area contributed by atoms with Crippen molar-refractivity contribution < 1.29 is 32.2 Å². The molecule has 0 aliphatic rings. The van der Waals surface area contributed by atoms with E-state index in [4.69, 9.17) is 18.9 Å². The van der Waals surface area contributed by atoms with Gasteiger partial charge in [0.2, 0.25) is 5.88 Å². The van der Waals surface area contributed by atoms with E-state index in [-0.39, 0.29) is 17.4 Å². The number of ether oxygens (including phenoxy) is 4. The number of ketones is 1. The number of allylic oxidation sites excluding steroid dienone is 1. The largest absolute Gasteiger partial charge is 0.496 e. The van der Waals surface area contributed by atoms with E-state index >= 15 is 0 Å². The Kier molecular flexibility index (Phi) is 9.26. The van der Waals surface area contributed by atoms with Crippen molar-refractivity contribution in [3.8, 4) is 23.1 Å². The van der Waals surface area contributed by atoms with Crippen LogP contribution in [0.5, 0.6) is 23.1 Å². The van der Waals surface area contributed by atoms with Gasteiger partial charge >= 0.3 is 0 Å². The third kappa shape index (κ3) is 7.23. The maximum Gasteiger partial charge on any atom is 0.237 e. The number of carbonyl (C=O) groups is 1. The van der Waals surface area contributed by atoms with Crippen LogP contribution in [0.3, 0.4) is 0 Å². The first-order valence-corrected chi connectivity index (χ1v) is 14.2. The van der Waals surface area contributed by atoms with Gasteiger partial charge in [-0.1, -0.05) is 36.4 Å². The van der Waals surface area contributed by atoms with Crippen LogP contribution in [0.1, 0.15) is 21.5 Å². The Labute approximate surface area is 239 Å².